The largest absolute Gasteiger partial charge is 0.494 e. The van der Waals surface area contributed by atoms with Crippen molar-refractivity contribution < 1.29 is 4.74 Å². The van der Waals surface area contributed by atoms with Gasteiger partial charge in [0, 0.05) is 27.7 Å². The highest BCUT2D eigenvalue weighted by Gasteiger charge is 2.07. The zero-order chi connectivity index (χ0) is 23.8. The van der Waals surface area contributed by atoms with Gasteiger partial charge in [0.1, 0.15) is 5.75 Å². The molecule has 0 fully saturated rings. The molecule has 1 aliphatic heterocycles. The van der Waals surface area contributed by atoms with Crippen LogP contribution >= 0.6 is 11.6 Å². The van der Waals surface area contributed by atoms with Crippen LogP contribution in [-0.2, 0) is 6.42 Å². The average molecular weight is 478 g/mol. The number of fused-ring (bicyclic) bond motifs is 1. The van der Waals surface area contributed by atoms with Crippen LogP contribution in [0.2, 0.25) is 5.02 Å². The van der Waals surface area contributed by atoms with E-state index in [2.05, 4.69) is 35.1 Å². The third-order valence-electron chi connectivity index (χ3n) is 6.45. The van der Waals surface area contributed by atoms with Gasteiger partial charge in [-0.05, 0) is 55.3 Å². The van der Waals surface area contributed by atoms with Crippen LogP contribution in [0.5, 0.6) is 5.75 Å². The predicted molar refractivity (Wildman–Crippen MR) is 142 cm³/mol. The Morgan fingerprint density at radius 2 is 1.68 bits per heavy atom. The van der Waals surface area contributed by atoms with E-state index in [4.69, 9.17) is 21.3 Å². The summed E-state index contributed by atoms with van der Waals surface area (Å²) in [6, 6.07) is 12.1. The van der Waals surface area contributed by atoms with Crippen molar-refractivity contribution in [1.82, 2.24) is 9.97 Å². The molecule has 2 aromatic heterocycles. The summed E-state index contributed by atoms with van der Waals surface area (Å²) >= 11 is 6.13. The Kier molecular flexibility index (Phi) is 8.70. The van der Waals surface area contributed by atoms with Crippen molar-refractivity contribution >= 4 is 29.5 Å². The summed E-state index contributed by atoms with van der Waals surface area (Å²) in [5.41, 5.74) is 3.25. The lowest BCUT2D eigenvalue weighted by molar-refractivity contribution is 0.412. The second-order valence-electron chi connectivity index (χ2n) is 9.17. The van der Waals surface area contributed by atoms with Gasteiger partial charge in [0.25, 0.3) is 0 Å². The van der Waals surface area contributed by atoms with Crippen molar-refractivity contribution in [2.75, 3.05) is 7.11 Å². The third-order valence-corrected chi connectivity index (χ3v) is 6.68. The molecular weight excluding hydrogens is 442 g/mol. The molecule has 0 unspecified atom stereocenters. The molecule has 0 aliphatic carbocycles. The summed E-state index contributed by atoms with van der Waals surface area (Å²) < 4.78 is 5.63. The molecule has 0 saturated carbocycles. The molecule has 0 atom stereocenters. The molecule has 0 radical (unpaired) electrons. The Morgan fingerprint density at radius 1 is 0.912 bits per heavy atom. The van der Waals surface area contributed by atoms with E-state index in [1.165, 1.54) is 63.5 Å². The van der Waals surface area contributed by atoms with Gasteiger partial charge in [-0.2, -0.15) is 0 Å². The standard InChI is InChI=1S/C29H36ClN3O/c1-3-4-5-6-7-8-9-10-11-12-23-14-15-24(31-23)19-28-29(34-2)20-27(33-28)26-18-21-17-22(30)13-16-25(21)32-26/h13-20,31,33H,3-12H2,1-2H3/b27-26-,28-19-. The summed E-state index contributed by atoms with van der Waals surface area (Å²) in [6.07, 6.45) is 17.4. The minimum Gasteiger partial charge on any atom is -0.494 e. The number of H-pyrrole nitrogens is 2. The van der Waals surface area contributed by atoms with Gasteiger partial charge in [-0.3, -0.25) is 0 Å². The van der Waals surface area contributed by atoms with Crippen LogP contribution in [0.3, 0.4) is 0 Å². The van der Waals surface area contributed by atoms with Gasteiger partial charge in [-0.25, -0.2) is 4.99 Å². The van der Waals surface area contributed by atoms with Crippen LogP contribution in [0.15, 0.2) is 41.4 Å². The fourth-order valence-electron chi connectivity index (χ4n) is 4.53. The molecule has 0 bridgehead atoms. The van der Waals surface area contributed by atoms with Gasteiger partial charge in [0.15, 0.2) is 0 Å². The van der Waals surface area contributed by atoms with E-state index >= 15 is 0 Å². The van der Waals surface area contributed by atoms with Gasteiger partial charge in [0.2, 0.25) is 0 Å². The Balaban J connectivity index is 1.38. The number of nitrogens with zero attached hydrogens (tertiary/aromatic N) is 1. The quantitative estimate of drug-likeness (QED) is 0.349. The molecule has 4 rings (SSSR count). The fourth-order valence-corrected chi connectivity index (χ4v) is 4.71. The first-order valence-electron chi connectivity index (χ1n) is 12.7. The van der Waals surface area contributed by atoms with Crippen molar-refractivity contribution in [2.24, 2.45) is 4.99 Å². The number of ether oxygens (including phenoxy) is 1. The summed E-state index contributed by atoms with van der Waals surface area (Å²) in [5, 5.41) is 4.54. The number of benzene rings is 1. The topological polar surface area (TPSA) is 53.2 Å². The van der Waals surface area contributed by atoms with Crippen molar-refractivity contribution in [3.05, 3.63) is 74.1 Å². The Labute approximate surface area is 207 Å². The first-order valence-corrected chi connectivity index (χ1v) is 13.1. The van der Waals surface area contributed by atoms with E-state index in [9.17, 15) is 0 Å². The molecule has 4 nitrogen and oxygen atoms in total. The molecule has 0 spiro atoms. The molecule has 1 aromatic carbocycles. The Morgan fingerprint density at radius 3 is 2.44 bits per heavy atom. The van der Waals surface area contributed by atoms with E-state index < -0.39 is 0 Å². The average Bonchev–Trinajstić information content (AvgIpc) is 3.56. The predicted octanol–water partition coefficient (Wildman–Crippen LogP) is 5.13. The van der Waals surface area contributed by atoms with Gasteiger partial charge in [-0.15, -0.1) is 0 Å². The van der Waals surface area contributed by atoms with Crippen LogP contribution in [0.25, 0.3) is 17.8 Å². The summed E-state index contributed by atoms with van der Waals surface area (Å²) in [5.74, 6) is 0.801. The highest BCUT2D eigenvalue weighted by Crippen LogP contribution is 2.13. The zero-order valence-corrected chi connectivity index (χ0v) is 21.2. The number of aromatic nitrogens is 2. The molecule has 0 saturated heterocycles. The van der Waals surface area contributed by atoms with Crippen molar-refractivity contribution in [2.45, 2.75) is 71.1 Å². The lowest BCUT2D eigenvalue weighted by Crippen LogP contribution is -2.20. The smallest absolute Gasteiger partial charge is 0.144 e. The first-order chi connectivity index (χ1) is 16.7. The monoisotopic (exact) mass is 477 g/mol. The second kappa shape index (κ2) is 12.1. The van der Waals surface area contributed by atoms with E-state index in [0.717, 1.165) is 49.9 Å². The molecular formula is C29H36ClN3O. The zero-order valence-electron chi connectivity index (χ0n) is 20.4. The van der Waals surface area contributed by atoms with Crippen molar-refractivity contribution in [3.63, 3.8) is 0 Å². The molecule has 5 heteroatoms. The lowest BCUT2D eigenvalue weighted by Gasteiger charge is -2.01. The lowest BCUT2D eigenvalue weighted by atomic mass is 10.1. The Hall–Kier alpha value is -2.72. The molecule has 0 amide bonds. The van der Waals surface area contributed by atoms with Crippen LogP contribution in [0, 0.1) is 0 Å². The van der Waals surface area contributed by atoms with Crippen LogP contribution in [-0.4, -0.2) is 17.1 Å². The molecule has 3 aromatic rings. The molecule has 3 heterocycles. The maximum Gasteiger partial charge on any atom is 0.144 e. The Bertz CT molecular complexity index is 1330. The van der Waals surface area contributed by atoms with E-state index in [0.29, 0.717) is 0 Å². The number of rotatable bonds is 12. The number of hydrogen-bond acceptors (Lipinski definition) is 2. The van der Waals surface area contributed by atoms with Crippen LogP contribution < -0.4 is 26.0 Å². The van der Waals surface area contributed by atoms with Crippen LogP contribution in [0.1, 0.15) is 76.1 Å². The number of unbranched alkanes of at least 4 members (excludes halogenated alkanes) is 8. The fraction of sp³-hybridized carbons (Fsp3) is 0.414. The molecule has 1 aliphatic rings. The highest BCUT2D eigenvalue weighted by atomic mass is 35.5. The highest BCUT2D eigenvalue weighted by molar-refractivity contribution is 6.30. The van der Waals surface area contributed by atoms with Crippen LogP contribution in [0.4, 0.5) is 0 Å². The van der Waals surface area contributed by atoms with E-state index in [1.54, 1.807) is 7.11 Å². The summed E-state index contributed by atoms with van der Waals surface area (Å²) in [4.78, 5) is 11.8. The maximum absolute atomic E-state index is 6.13. The van der Waals surface area contributed by atoms with Gasteiger partial charge in [0.05, 0.1) is 28.9 Å². The minimum atomic E-state index is 0.717. The third kappa shape index (κ3) is 6.44. The number of aromatic amines is 2. The summed E-state index contributed by atoms with van der Waals surface area (Å²) in [7, 11) is 1.70. The van der Waals surface area contributed by atoms with E-state index in [-0.39, 0.29) is 0 Å². The number of hydrogen-bond donors (Lipinski definition) is 2. The van der Waals surface area contributed by atoms with Crippen molar-refractivity contribution in [3.8, 4) is 5.75 Å². The molecule has 180 valence electrons. The maximum atomic E-state index is 6.13. The van der Waals surface area contributed by atoms with Gasteiger partial charge >= 0.3 is 0 Å². The molecule has 2 N–H and O–H groups in total. The number of aryl methyl sites for hydroxylation is 1. The van der Waals surface area contributed by atoms with Gasteiger partial charge < -0.3 is 14.7 Å². The minimum absolute atomic E-state index is 0.717. The number of nitrogens with one attached hydrogen (secondary N) is 2. The number of methoxy groups -OCH3 is 1. The first kappa shape index (κ1) is 24.4. The van der Waals surface area contributed by atoms with Gasteiger partial charge in [-0.1, -0.05) is 69.9 Å². The van der Waals surface area contributed by atoms with Crippen molar-refractivity contribution in [1.29, 1.82) is 0 Å². The normalized spacial score (nSPS) is 14.7. The number of halogens is 1. The summed E-state index contributed by atoms with van der Waals surface area (Å²) in [6.45, 7) is 2.27. The van der Waals surface area contributed by atoms with E-state index in [1.807, 2.05) is 30.3 Å². The SMILES string of the molecule is CCCCCCCCCCCc1ccc(/C=c2\[nH]/c(=C3/C=c4cc(Cl)ccc4=N3)cc2OC)[nH]1. The molecule has 34 heavy (non-hydrogen) atoms. The second-order valence-corrected chi connectivity index (χ2v) is 9.61.